The minimum absolute atomic E-state index is 0.354. The number of esters is 1. The first-order chi connectivity index (χ1) is 12.4. The van der Waals surface area contributed by atoms with Gasteiger partial charge in [-0.2, -0.15) is 0 Å². The fourth-order valence-corrected chi connectivity index (χ4v) is 2.44. The Morgan fingerprint density at radius 3 is 2.62 bits per heavy atom. The van der Waals surface area contributed by atoms with Gasteiger partial charge in [0.15, 0.2) is 6.61 Å². The van der Waals surface area contributed by atoms with Gasteiger partial charge in [-0.15, -0.1) is 0 Å². The Bertz CT molecular complexity index is 807. The number of ether oxygens (including phenoxy) is 3. The van der Waals surface area contributed by atoms with Crippen LogP contribution < -0.4 is 10.1 Å². The molecule has 0 saturated carbocycles. The Hall–Kier alpha value is -2.57. The van der Waals surface area contributed by atoms with E-state index in [1.807, 2.05) is 13.0 Å². The molecule has 0 heterocycles. The smallest absolute Gasteiger partial charge is 0.338 e. The fourth-order valence-electron chi connectivity index (χ4n) is 2.29. The second-order valence-electron chi connectivity index (χ2n) is 5.56. The molecule has 6 nitrogen and oxygen atoms in total. The summed E-state index contributed by atoms with van der Waals surface area (Å²) < 4.78 is 15.3. The number of halogens is 1. The largest absolute Gasteiger partial charge is 0.495 e. The van der Waals surface area contributed by atoms with Crippen LogP contribution in [0.2, 0.25) is 5.02 Å². The van der Waals surface area contributed by atoms with Crippen molar-refractivity contribution in [2.75, 3.05) is 26.1 Å². The van der Waals surface area contributed by atoms with Crippen molar-refractivity contribution in [1.82, 2.24) is 0 Å². The molecule has 7 heteroatoms. The van der Waals surface area contributed by atoms with E-state index in [0.29, 0.717) is 28.6 Å². The highest BCUT2D eigenvalue weighted by Gasteiger charge is 2.14. The van der Waals surface area contributed by atoms with Gasteiger partial charge in [-0.3, -0.25) is 4.79 Å². The molecule has 0 aliphatic rings. The van der Waals surface area contributed by atoms with Gasteiger partial charge in [-0.25, -0.2) is 4.79 Å². The number of methoxy groups -OCH3 is 2. The number of anilines is 1. The molecule has 0 bridgehead atoms. The number of carbonyl (C=O) groups excluding carboxylic acids is 2. The molecule has 26 heavy (non-hydrogen) atoms. The van der Waals surface area contributed by atoms with Crippen LogP contribution in [-0.2, 0) is 20.9 Å². The lowest BCUT2D eigenvalue weighted by Crippen LogP contribution is -2.21. The second-order valence-corrected chi connectivity index (χ2v) is 5.97. The first-order valence-electron chi connectivity index (χ1n) is 7.83. The number of hydrogen-bond acceptors (Lipinski definition) is 5. The van der Waals surface area contributed by atoms with Gasteiger partial charge in [0.2, 0.25) is 0 Å². The predicted octanol–water partition coefficient (Wildman–Crippen LogP) is 3.60. The number of carbonyl (C=O) groups is 2. The van der Waals surface area contributed by atoms with Gasteiger partial charge in [0.1, 0.15) is 5.75 Å². The fraction of sp³-hybridized carbons (Fsp3) is 0.263. The molecular formula is C19H20ClNO5. The van der Waals surface area contributed by atoms with Crippen molar-refractivity contribution in [3.63, 3.8) is 0 Å². The van der Waals surface area contributed by atoms with Gasteiger partial charge in [0.05, 0.1) is 25.0 Å². The van der Waals surface area contributed by atoms with Crippen molar-refractivity contribution < 1.29 is 23.8 Å². The van der Waals surface area contributed by atoms with E-state index in [2.05, 4.69) is 5.32 Å². The van der Waals surface area contributed by atoms with E-state index < -0.39 is 18.5 Å². The van der Waals surface area contributed by atoms with Gasteiger partial charge < -0.3 is 19.5 Å². The third kappa shape index (κ3) is 5.21. The maximum absolute atomic E-state index is 12.1. The van der Waals surface area contributed by atoms with E-state index in [0.717, 1.165) is 11.1 Å². The van der Waals surface area contributed by atoms with E-state index in [9.17, 15) is 9.59 Å². The molecule has 2 aromatic rings. The van der Waals surface area contributed by atoms with Crippen LogP contribution in [0, 0.1) is 6.92 Å². The highest BCUT2D eigenvalue weighted by atomic mass is 35.5. The maximum Gasteiger partial charge on any atom is 0.338 e. The molecule has 138 valence electrons. The number of aryl methyl sites for hydroxylation is 1. The zero-order valence-corrected chi connectivity index (χ0v) is 15.6. The summed E-state index contributed by atoms with van der Waals surface area (Å²) in [7, 11) is 3.05. The topological polar surface area (TPSA) is 73.9 Å². The quantitative estimate of drug-likeness (QED) is 0.746. The normalized spacial score (nSPS) is 10.3. The molecule has 0 atom stereocenters. The number of benzene rings is 2. The van der Waals surface area contributed by atoms with Crippen LogP contribution in [0.1, 0.15) is 21.5 Å². The van der Waals surface area contributed by atoms with Crippen molar-refractivity contribution in [2.45, 2.75) is 13.5 Å². The molecule has 0 aromatic heterocycles. The second kappa shape index (κ2) is 9.22. The highest BCUT2D eigenvalue weighted by Crippen LogP contribution is 2.30. The zero-order valence-electron chi connectivity index (χ0n) is 14.8. The van der Waals surface area contributed by atoms with Crippen LogP contribution in [-0.4, -0.2) is 32.7 Å². The molecule has 0 aliphatic heterocycles. The highest BCUT2D eigenvalue weighted by molar-refractivity contribution is 6.31. The van der Waals surface area contributed by atoms with Crippen molar-refractivity contribution in [3.05, 3.63) is 58.1 Å². The molecule has 0 aliphatic carbocycles. The standard InChI is InChI=1S/C19H20ClNO5/c1-12-7-16(17(25-3)9-15(12)20)21-18(22)11-26-19(23)14-6-4-5-13(8-14)10-24-2/h4-9H,10-11H2,1-3H3,(H,21,22). The summed E-state index contributed by atoms with van der Waals surface area (Å²) >= 11 is 6.04. The van der Waals surface area contributed by atoms with E-state index in [4.69, 9.17) is 25.8 Å². The number of rotatable bonds is 7. The predicted molar refractivity (Wildman–Crippen MR) is 98.8 cm³/mol. The van der Waals surface area contributed by atoms with Crippen LogP contribution in [0.15, 0.2) is 36.4 Å². The summed E-state index contributed by atoms with van der Waals surface area (Å²) in [5.41, 5.74) is 2.44. The summed E-state index contributed by atoms with van der Waals surface area (Å²) in [4.78, 5) is 24.2. The van der Waals surface area contributed by atoms with Gasteiger partial charge in [-0.05, 0) is 36.2 Å². The lowest BCUT2D eigenvalue weighted by molar-refractivity contribution is -0.119. The average Bonchev–Trinajstić information content (AvgIpc) is 2.63. The summed E-state index contributed by atoms with van der Waals surface area (Å²) in [6.07, 6.45) is 0. The van der Waals surface area contributed by atoms with Gasteiger partial charge >= 0.3 is 5.97 Å². The average molecular weight is 378 g/mol. The van der Waals surface area contributed by atoms with Crippen LogP contribution in [0.5, 0.6) is 5.75 Å². The van der Waals surface area contributed by atoms with Crippen molar-refractivity contribution in [3.8, 4) is 5.75 Å². The van der Waals surface area contributed by atoms with E-state index in [-0.39, 0.29) is 0 Å². The third-order valence-electron chi connectivity index (χ3n) is 3.56. The molecule has 0 unspecified atom stereocenters. The summed E-state index contributed by atoms with van der Waals surface area (Å²) in [6, 6.07) is 10.1. The third-order valence-corrected chi connectivity index (χ3v) is 3.97. The Kier molecular flexibility index (Phi) is 7.00. The Balaban J connectivity index is 1.97. The van der Waals surface area contributed by atoms with Crippen LogP contribution >= 0.6 is 11.6 Å². The SMILES string of the molecule is COCc1cccc(C(=O)OCC(=O)Nc2cc(C)c(Cl)cc2OC)c1. The molecule has 2 rings (SSSR count). The maximum atomic E-state index is 12.1. The molecule has 0 saturated heterocycles. The molecule has 0 spiro atoms. The Morgan fingerprint density at radius 1 is 1.15 bits per heavy atom. The van der Waals surface area contributed by atoms with Crippen LogP contribution in [0.25, 0.3) is 0 Å². The van der Waals surface area contributed by atoms with Gasteiger partial charge in [-0.1, -0.05) is 23.7 Å². The first-order valence-corrected chi connectivity index (χ1v) is 8.21. The number of hydrogen-bond donors (Lipinski definition) is 1. The Morgan fingerprint density at radius 2 is 1.92 bits per heavy atom. The van der Waals surface area contributed by atoms with Crippen LogP contribution in [0.3, 0.4) is 0 Å². The molecular weight excluding hydrogens is 358 g/mol. The zero-order chi connectivity index (χ0) is 19.1. The Labute approximate surface area is 157 Å². The van der Waals surface area contributed by atoms with Crippen molar-refractivity contribution in [1.29, 1.82) is 0 Å². The van der Waals surface area contributed by atoms with E-state index in [1.54, 1.807) is 37.4 Å². The molecule has 2 aromatic carbocycles. The summed E-state index contributed by atoms with van der Waals surface area (Å²) in [6.45, 7) is 1.78. The van der Waals surface area contributed by atoms with E-state index in [1.165, 1.54) is 7.11 Å². The molecule has 1 N–H and O–H groups in total. The first kappa shape index (κ1) is 19.8. The van der Waals surface area contributed by atoms with Gasteiger partial charge in [0.25, 0.3) is 5.91 Å². The number of amides is 1. The lowest BCUT2D eigenvalue weighted by Gasteiger charge is -2.12. The summed E-state index contributed by atoms with van der Waals surface area (Å²) in [5, 5.41) is 3.18. The lowest BCUT2D eigenvalue weighted by atomic mass is 10.1. The summed E-state index contributed by atoms with van der Waals surface area (Å²) in [5.74, 6) is -0.642. The van der Waals surface area contributed by atoms with E-state index >= 15 is 0 Å². The molecule has 1 amide bonds. The minimum atomic E-state index is -0.586. The number of nitrogens with one attached hydrogen (secondary N) is 1. The molecule has 0 radical (unpaired) electrons. The minimum Gasteiger partial charge on any atom is -0.495 e. The monoisotopic (exact) mass is 377 g/mol. The van der Waals surface area contributed by atoms with Crippen molar-refractivity contribution in [2.24, 2.45) is 0 Å². The van der Waals surface area contributed by atoms with Crippen LogP contribution in [0.4, 0.5) is 5.69 Å². The van der Waals surface area contributed by atoms with Crippen molar-refractivity contribution >= 4 is 29.2 Å². The molecule has 0 fully saturated rings. The van der Waals surface area contributed by atoms with Gasteiger partial charge in [0, 0.05) is 18.2 Å².